The van der Waals surface area contributed by atoms with Crippen molar-refractivity contribution in [1.29, 1.82) is 5.26 Å². The van der Waals surface area contributed by atoms with E-state index in [1.165, 1.54) is 5.56 Å². The molecular formula is C13H17NOS. The number of thioether (sulfide) groups is 1. The van der Waals surface area contributed by atoms with Crippen molar-refractivity contribution in [2.45, 2.75) is 19.8 Å². The second-order valence-corrected chi connectivity index (χ2v) is 4.52. The molecule has 0 aliphatic rings. The standard InChI is InChI=1S/C13H17NOS/c1-2-12-4-6-13(7-5-12)15-9-3-10-16-11-8-14/h4-7H,2-3,9-11H2,1H3. The molecule has 0 heterocycles. The molecule has 0 bridgehead atoms. The number of rotatable bonds is 7. The molecule has 0 saturated heterocycles. The van der Waals surface area contributed by atoms with Gasteiger partial charge in [0.15, 0.2) is 0 Å². The molecule has 0 spiro atoms. The molecule has 0 aromatic heterocycles. The third-order valence-electron chi connectivity index (χ3n) is 2.20. The van der Waals surface area contributed by atoms with Crippen molar-refractivity contribution < 1.29 is 4.74 Å². The summed E-state index contributed by atoms with van der Waals surface area (Å²) in [4.78, 5) is 0. The molecule has 1 aromatic carbocycles. The fraction of sp³-hybridized carbons (Fsp3) is 0.462. The molecule has 0 N–H and O–H groups in total. The van der Waals surface area contributed by atoms with Gasteiger partial charge in [-0.25, -0.2) is 0 Å². The van der Waals surface area contributed by atoms with E-state index in [-0.39, 0.29) is 0 Å². The van der Waals surface area contributed by atoms with Crippen molar-refractivity contribution in [3.05, 3.63) is 29.8 Å². The summed E-state index contributed by atoms with van der Waals surface area (Å²) in [6, 6.07) is 10.3. The van der Waals surface area contributed by atoms with Crippen LogP contribution in [0.4, 0.5) is 0 Å². The molecule has 16 heavy (non-hydrogen) atoms. The lowest BCUT2D eigenvalue weighted by Crippen LogP contribution is -1.98. The van der Waals surface area contributed by atoms with E-state index >= 15 is 0 Å². The summed E-state index contributed by atoms with van der Waals surface area (Å²) in [6.07, 6.45) is 2.05. The van der Waals surface area contributed by atoms with Crippen molar-refractivity contribution in [2.75, 3.05) is 18.1 Å². The quantitative estimate of drug-likeness (QED) is 0.680. The van der Waals surface area contributed by atoms with E-state index in [0.717, 1.165) is 31.0 Å². The molecule has 0 amide bonds. The van der Waals surface area contributed by atoms with Crippen LogP contribution in [0.25, 0.3) is 0 Å². The topological polar surface area (TPSA) is 33.0 Å². The van der Waals surface area contributed by atoms with Gasteiger partial charge in [0.1, 0.15) is 5.75 Å². The molecule has 2 nitrogen and oxygen atoms in total. The lowest BCUT2D eigenvalue weighted by Gasteiger charge is -2.06. The Morgan fingerprint density at radius 2 is 2.06 bits per heavy atom. The third-order valence-corrected chi connectivity index (χ3v) is 3.11. The van der Waals surface area contributed by atoms with E-state index in [1.807, 2.05) is 12.1 Å². The zero-order chi connectivity index (χ0) is 11.6. The summed E-state index contributed by atoms with van der Waals surface area (Å²) in [7, 11) is 0. The highest BCUT2D eigenvalue weighted by Crippen LogP contribution is 2.13. The fourth-order valence-electron chi connectivity index (χ4n) is 1.29. The van der Waals surface area contributed by atoms with Crippen molar-refractivity contribution in [3.8, 4) is 11.8 Å². The second kappa shape index (κ2) is 8.06. The average Bonchev–Trinajstić information content (AvgIpc) is 2.34. The Balaban J connectivity index is 2.15. The minimum atomic E-state index is 0.575. The number of nitriles is 1. The summed E-state index contributed by atoms with van der Waals surface area (Å²) >= 11 is 1.65. The maximum absolute atomic E-state index is 8.35. The monoisotopic (exact) mass is 235 g/mol. The molecule has 0 aliphatic heterocycles. The van der Waals surface area contributed by atoms with Gasteiger partial charge >= 0.3 is 0 Å². The van der Waals surface area contributed by atoms with Crippen molar-refractivity contribution >= 4 is 11.8 Å². The maximum atomic E-state index is 8.35. The maximum Gasteiger partial charge on any atom is 0.119 e. The minimum Gasteiger partial charge on any atom is -0.494 e. The van der Waals surface area contributed by atoms with Crippen LogP contribution in [0.2, 0.25) is 0 Å². The molecule has 0 aliphatic carbocycles. The Bertz CT molecular complexity index is 329. The molecule has 0 fully saturated rings. The van der Waals surface area contributed by atoms with E-state index in [2.05, 4.69) is 25.1 Å². The van der Waals surface area contributed by atoms with Gasteiger partial charge in [0.05, 0.1) is 18.4 Å². The zero-order valence-corrected chi connectivity index (χ0v) is 10.4. The lowest BCUT2D eigenvalue weighted by molar-refractivity contribution is 0.318. The predicted octanol–water partition coefficient (Wildman–Crippen LogP) is 3.27. The van der Waals surface area contributed by atoms with E-state index in [4.69, 9.17) is 10.00 Å². The van der Waals surface area contributed by atoms with Crippen LogP contribution in [-0.2, 0) is 6.42 Å². The van der Waals surface area contributed by atoms with Crippen LogP contribution >= 0.6 is 11.8 Å². The largest absolute Gasteiger partial charge is 0.494 e. The van der Waals surface area contributed by atoms with Gasteiger partial charge in [0.25, 0.3) is 0 Å². The van der Waals surface area contributed by atoms with Gasteiger partial charge in [-0.2, -0.15) is 5.26 Å². The predicted molar refractivity (Wildman–Crippen MR) is 68.9 cm³/mol. The first-order valence-electron chi connectivity index (χ1n) is 5.53. The Labute approximate surface area is 102 Å². The molecule has 86 valence electrons. The molecule has 1 rings (SSSR count). The van der Waals surface area contributed by atoms with Crippen LogP contribution < -0.4 is 4.74 Å². The molecular weight excluding hydrogens is 218 g/mol. The molecule has 0 saturated carbocycles. The van der Waals surface area contributed by atoms with Crippen LogP contribution in [0.3, 0.4) is 0 Å². The second-order valence-electron chi connectivity index (χ2n) is 3.41. The molecule has 1 aromatic rings. The van der Waals surface area contributed by atoms with Crippen LogP contribution in [0, 0.1) is 11.3 Å². The molecule has 0 unspecified atom stereocenters. The lowest BCUT2D eigenvalue weighted by atomic mass is 10.2. The first-order valence-corrected chi connectivity index (χ1v) is 6.68. The molecule has 0 radical (unpaired) electrons. The fourth-order valence-corrected chi connectivity index (χ4v) is 1.85. The highest BCUT2D eigenvalue weighted by molar-refractivity contribution is 7.99. The Morgan fingerprint density at radius 1 is 1.31 bits per heavy atom. The van der Waals surface area contributed by atoms with Gasteiger partial charge in [-0.05, 0) is 36.3 Å². The highest BCUT2D eigenvalue weighted by atomic mass is 32.2. The van der Waals surface area contributed by atoms with Gasteiger partial charge in [-0.1, -0.05) is 19.1 Å². The van der Waals surface area contributed by atoms with Gasteiger partial charge in [0, 0.05) is 0 Å². The average molecular weight is 235 g/mol. The normalized spacial score (nSPS) is 9.75. The van der Waals surface area contributed by atoms with Crippen molar-refractivity contribution in [1.82, 2.24) is 0 Å². The molecule has 3 heteroatoms. The number of benzene rings is 1. The van der Waals surface area contributed by atoms with Gasteiger partial charge in [-0.3, -0.25) is 0 Å². The molecule has 0 atom stereocenters. The van der Waals surface area contributed by atoms with Gasteiger partial charge < -0.3 is 4.74 Å². The SMILES string of the molecule is CCc1ccc(OCCCSCC#N)cc1. The first kappa shape index (κ1) is 12.9. The number of hydrogen-bond acceptors (Lipinski definition) is 3. The summed E-state index contributed by atoms with van der Waals surface area (Å²) in [5, 5.41) is 8.35. The smallest absolute Gasteiger partial charge is 0.119 e. The van der Waals surface area contributed by atoms with Crippen LogP contribution in [0.1, 0.15) is 18.9 Å². The summed E-state index contributed by atoms with van der Waals surface area (Å²) in [6.45, 7) is 2.87. The summed E-state index contributed by atoms with van der Waals surface area (Å²) in [5.41, 5.74) is 1.33. The van der Waals surface area contributed by atoms with Crippen LogP contribution in [0.15, 0.2) is 24.3 Å². The number of aryl methyl sites for hydroxylation is 1. The van der Waals surface area contributed by atoms with E-state index in [9.17, 15) is 0 Å². The number of ether oxygens (including phenoxy) is 1. The number of hydrogen-bond donors (Lipinski definition) is 0. The first-order chi connectivity index (χ1) is 7.86. The Morgan fingerprint density at radius 3 is 2.69 bits per heavy atom. The van der Waals surface area contributed by atoms with Crippen molar-refractivity contribution in [2.24, 2.45) is 0 Å². The van der Waals surface area contributed by atoms with Crippen molar-refractivity contribution in [3.63, 3.8) is 0 Å². The highest BCUT2D eigenvalue weighted by Gasteiger charge is 1.94. The van der Waals surface area contributed by atoms with Gasteiger partial charge in [-0.15, -0.1) is 11.8 Å². The third kappa shape index (κ3) is 5.09. The summed E-state index contributed by atoms with van der Waals surface area (Å²) in [5.74, 6) is 2.49. The van der Waals surface area contributed by atoms with E-state index in [1.54, 1.807) is 11.8 Å². The van der Waals surface area contributed by atoms with Crippen LogP contribution in [-0.4, -0.2) is 18.1 Å². The number of nitrogens with zero attached hydrogens (tertiary/aromatic N) is 1. The zero-order valence-electron chi connectivity index (χ0n) is 9.61. The van der Waals surface area contributed by atoms with E-state index in [0.29, 0.717) is 5.75 Å². The van der Waals surface area contributed by atoms with Crippen LogP contribution in [0.5, 0.6) is 5.75 Å². The summed E-state index contributed by atoms with van der Waals surface area (Å²) < 4.78 is 5.59. The Kier molecular flexibility index (Phi) is 6.52. The van der Waals surface area contributed by atoms with Gasteiger partial charge in [0.2, 0.25) is 0 Å². The minimum absolute atomic E-state index is 0.575. The Hall–Kier alpha value is -1.14. The van der Waals surface area contributed by atoms with E-state index < -0.39 is 0 Å².